The standard InChI is InChI=1S/C25H42O2/c1-17(8-13-23(26)27-4)20-11-12-21-19-10-9-18-7-5-6-15-24(18,2)22(19)14-16-25(20,21)3/h17-22H,5-16H2,1-4H3/t17?,18-,19?,20?,21?,22?,24-,25?/m0/s1. The van der Waals surface area contributed by atoms with Gasteiger partial charge in [-0.05, 0) is 104 Å². The van der Waals surface area contributed by atoms with Crippen molar-refractivity contribution < 1.29 is 9.53 Å². The lowest BCUT2D eigenvalue weighted by molar-refractivity contribution is -0.141. The Kier molecular flexibility index (Phi) is 5.40. The summed E-state index contributed by atoms with van der Waals surface area (Å²) in [7, 11) is 1.52. The van der Waals surface area contributed by atoms with E-state index in [4.69, 9.17) is 4.74 Å². The Bertz CT molecular complexity index is 557. The summed E-state index contributed by atoms with van der Waals surface area (Å²) in [6.45, 7) is 7.73. The normalized spacial score (nSPS) is 47.5. The van der Waals surface area contributed by atoms with Crippen LogP contribution in [-0.4, -0.2) is 13.1 Å². The van der Waals surface area contributed by atoms with E-state index in [0.717, 1.165) is 36.0 Å². The Balaban J connectivity index is 1.49. The van der Waals surface area contributed by atoms with Crippen molar-refractivity contribution in [3.63, 3.8) is 0 Å². The number of esters is 1. The van der Waals surface area contributed by atoms with Gasteiger partial charge in [0.05, 0.1) is 7.11 Å². The van der Waals surface area contributed by atoms with Gasteiger partial charge >= 0.3 is 5.97 Å². The largest absolute Gasteiger partial charge is 0.469 e. The second kappa shape index (κ2) is 7.38. The van der Waals surface area contributed by atoms with Crippen LogP contribution < -0.4 is 0 Å². The van der Waals surface area contributed by atoms with E-state index in [2.05, 4.69) is 20.8 Å². The molecule has 0 heterocycles. The highest BCUT2D eigenvalue weighted by molar-refractivity contribution is 5.69. The van der Waals surface area contributed by atoms with Crippen LogP contribution >= 0.6 is 0 Å². The van der Waals surface area contributed by atoms with Gasteiger partial charge in [-0.2, -0.15) is 0 Å². The average Bonchev–Trinajstić information content (AvgIpc) is 3.02. The Morgan fingerprint density at radius 1 is 0.963 bits per heavy atom. The third-order valence-electron chi connectivity index (χ3n) is 10.4. The van der Waals surface area contributed by atoms with Gasteiger partial charge in [0.1, 0.15) is 0 Å². The van der Waals surface area contributed by atoms with Gasteiger partial charge in [-0.3, -0.25) is 4.79 Å². The van der Waals surface area contributed by atoms with Crippen molar-refractivity contribution in [2.75, 3.05) is 7.11 Å². The van der Waals surface area contributed by atoms with Gasteiger partial charge in [0.25, 0.3) is 0 Å². The summed E-state index contributed by atoms with van der Waals surface area (Å²) in [5.74, 6) is 5.38. The Hall–Kier alpha value is -0.530. The van der Waals surface area contributed by atoms with E-state index in [1.807, 2.05) is 0 Å². The molecule has 0 aliphatic heterocycles. The van der Waals surface area contributed by atoms with Crippen LogP contribution in [0.25, 0.3) is 0 Å². The monoisotopic (exact) mass is 374 g/mol. The van der Waals surface area contributed by atoms with Crippen LogP contribution in [0.3, 0.4) is 0 Å². The summed E-state index contributed by atoms with van der Waals surface area (Å²) in [4.78, 5) is 11.6. The lowest BCUT2D eigenvalue weighted by atomic mass is 9.44. The van der Waals surface area contributed by atoms with Gasteiger partial charge < -0.3 is 4.74 Å². The molecular formula is C25H42O2. The molecule has 0 saturated heterocycles. The Labute approximate surface area is 167 Å². The van der Waals surface area contributed by atoms with Crippen molar-refractivity contribution in [1.29, 1.82) is 0 Å². The summed E-state index contributed by atoms with van der Waals surface area (Å²) < 4.78 is 4.89. The first-order valence-corrected chi connectivity index (χ1v) is 12.0. The maximum absolute atomic E-state index is 11.6. The average molecular weight is 375 g/mol. The zero-order valence-electron chi connectivity index (χ0n) is 18.3. The topological polar surface area (TPSA) is 26.3 Å². The molecule has 0 aromatic rings. The van der Waals surface area contributed by atoms with Crippen LogP contribution in [-0.2, 0) is 9.53 Å². The van der Waals surface area contributed by atoms with Gasteiger partial charge in [-0.25, -0.2) is 0 Å². The number of methoxy groups -OCH3 is 1. The lowest BCUT2D eigenvalue weighted by Crippen LogP contribution is -2.53. The predicted molar refractivity (Wildman–Crippen MR) is 110 cm³/mol. The van der Waals surface area contributed by atoms with Crippen LogP contribution in [0, 0.1) is 46.3 Å². The highest BCUT2D eigenvalue weighted by atomic mass is 16.5. The fourth-order valence-electron chi connectivity index (χ4n) is 8.92. The molecule has 4 aliphatic carbocycles. The van der Waals surface area contributed by atoms with Crippen molar-refractivity contribution in [2.24, 2.45) is 46.3 Å². The minimum atomic E-state index is -0.0335. The maximum atomic E-state index is 11.6. The van der Waals surface area contributed by atoms with E-state index in [0.29, 0.717) is 23.2 Å². The highest BCUT2D eigenvalue weighted by Gasteiger charge is 2.60. The summed E-state index contributed by atoms with van der Waals surface area (Å²) in [6, 6.07) is 0. The minimum absolute atomic E-state index is 0.0335. The predicted octanol–water partition coefficient (Wildman–Crippen LogP) is 6.62. The first-order valence-electron chi connectivity index (χ1n) is 12.0. The fourth-order valence-corrected chi connectivity index (χ4v) is 8.92. The molecule has 0 aromatic carbocycles. The molecule has 0 radical (unpaired) electrons. The first-order chi connectivity index (χ1) is 12.9. The van der Waals surface area contributed by atoms with Crippen molar-refractivity contribution in [1.82, 2.24) is 0 Å². The molecule has 0 amide bonds. The molecule has 27 heavy (non-hydrogen) atoms. The Morgan fingerprint density at radius 3 is 2.52 bits per heavy atom. The summed E-state index contributed by atoms with van der Waals surface area (Å²) >= 11 is 0. The van der Waals surface area contributed by atoms with Crippen LogP contribution in [0.4, 0.5) is 0 Å². The SMILES string of the molecule is COC(=O)CCC(C)C1CCC2C3CC[C@@H]4CCCC[C@]4(C)C3CCC12C. The minimum Gasteiger partial charge on any atom is -0.469 e. The van der Waals surface area contributed by atoms with Gasteiger partial charge in [-0.15, -0.1) is 0 Å². The molecule has 4 saturated carbocycles. The summed E-state index contributed by atoms with van der Waals surface area (Å²) in [5, 5.41) is 0. The molecule has 154 valence electrons. The van der Waals surface area contributed by atoms with E-state index >= 15 is 0 Å². The molecule has 0 spiro atoms. The van der Waals surface area contributed by atoms with Crippen molar-refractivity contribution in [3.05, 3.63) is 0 Å². The number of hydrogen-bond acceptors (Lipinski definition) is 2. The molecule has 4 aliphatic rings. The summed E-state index contributed by atoms with van der Waals surface area (Å²) in [6.07, 6.45) is 16.4. The summed E-state index contributed by atoms with van der Waals surface area (Å²) in [5.41, 5.74) is 1.17. The van der Waals surface area contributed by atoms with E-state index < -0.39 is 0 Å². The van der Waals surface area contributed by atoms with E-state index in [9.17, 15) is 4.79 Å². The van der Waals surface area contributed by atoms with Crippen molar-refractivity contribution in [2.45, 2.75) is 97.8 Å². The fraction of sp³-hybridized carbons (Fsp3) is 0.960. The van der Waals surface area contributed by atoms with Gasteiger partial charge in [0, 0.05) is 6.42 Å². The first kappa shape index (κ1) is 19.8. The smallest absolute Gasteiger partial charge is 0.305 e. The molecule has 6 unspecified atom stereocenters. The molecule has 0 bridgehead atoms. The quantitative estimate of drug-likeness (QED) is 0.517. The zero-order chi connectivity index (χ0) is 19.2. The van der Waals surface area contributed by atoms with Crippen molar-refractivity contribution >= 4 is 5.97 Å². The van der Waals surface area contributed by atoms with Gasteiger partial charge in [0.2, 0.25) is 0 Å². The van der Waals surface area contributed by atoms with Crippen LogP contribution in [0.2, 0.25) is 0 Å². The van der Waals surface area contributed by atoms with E-state index in [1.165, 1.54) is 71.3 Å². The third-order valence-corrected chi connectivity index (χ3v) is 10.4. The number of hydrogen-bond donors (Lipinski definition) is 0. The second-order valence-corrected chi connectivity index (χ2v) is 11.2. The zero-order valence-corrected chi connectivity index (χ0v) is 18.3. The molecule has 4 rings (SSSR count). The molecule has 2 heteroatoms. The van der Waals surface area contributed by atoms with E-state index in [-0.39, 0.29) is 5.97 Å². The van der Waals surface area contributed by atoms with Crippen LogP contribution in [0.15, 0.2) is 0 Å². The molecule has 0 N–H and O–H groups in total. The molecule has 4 fully saturated rings. The van der Waals surface area contributed by atoms with Crippen LogP contribution in [0.5, 0.6) is 0 Å². The Morgan fingerprint density at radius 2 is 1.74 bits per heavy atom. The molecule has 0 aromatic heterocycles. The van der Waals surface area contributed by atoms with Gasteiger partial charge in [-0.1, -0.05) is 33.6 Å². The number of fused-ring (bicyclic) bond motifs is 5. The third kappa shape index (κ3) is 3.18. The number of carbonyl (C=O) groups excluding carboxylic acids is 1. The van der Waals surface area contributed by atoms with Gasteiger partial charge in [0.15, 0.2) is 0 Å². The number of rotatable bonds is 4. The van der Waals surface area contributed by atoms with E-state index in [1.54, 1.807) is 0 Å². The molecule has 2 nitrogen and oxygen atoms in total. The second-order valence-electron chi connectivity index (χ2n) is 11.2. The number of ether oxygens (including phenoxy) is 1. The lowest BCUT2D eigenvalue weighted by Gasteiger charge is -2.61. The number of carbonyl (C=O) groups is 1. The highest BCUT2D eigenvalue weighted by Crippen LogP contribution is 2.68. The van der Waals surface area contributed by atoms with Crippen molar-refractivity contribution in [3.8, 4) is 0 Å². The molecular weight excluding hydrogens is 332 g/mol. The van der Waals surface area contributed by atoms with Crippen LogP contribution in [0.1, 0.15) is 97.8 Å². The molecule has 8 atom stereocenters. The maximum Gasteiger partial charge on any atom is 0.305 e.